The number of amides is 1. The van der Waals surface area contributed by atoms with Gasteiger partial charge in [-0.2, -0.15) is 4.31 Å². The predicted molar refractivity (Wildman–Crippen MR) is 122 cm³/mol. The number of hydrogen-bond acceptors (Lipinski definition) is 6. The molecule has 0 spiro atoms. The van der Waals surface area contributed by atoms with Crippen molar-refractivity contribution in [2.24, 2.45) is 0 Å². The van der Waals surface area contributed by atoms with E-state index in [1.54, 1.807) is 33.8 Å². The molecule has 1 aromatic heterocycles. The van der Waals surface area contributed by atoms with Crippen molar-refractivity contribution in [3.8, 4) is 5.75 Å². The van der Waals surface area contributed by atoms with Crippen LogP contribution in [0.1, 0.15) is 59.8 Å². The number of carbonyl (C=O) groups excluding carboxylic acids is 2. The van der Waals surface area contributed by atoms with Crippen LogP contribution in [0.15, 0.2) is 23.1 Å². The molecule has 2 aromatic rings. The van der Waals surface area contributed by atoms with E-state index in [1.807, 2.05) is 6.92 Å². The van der Waals surface area contributed by atoms with Crippen LogP contribution in [-0.2, 0) is 21.2 Å². The van der Waals surface area contributed by atoms with Gasteiger partial charge >= 0.3 is 5.97 Å². The second kappa shape index (κ2) is 10.6. The number of esters is 1. The fraction of sp³-hybridized carbons (Fsp3) is 0.455. The van der Waals surface area contributed by atoms with Crippen molar-refractivity contribution in [1.82, 2.24) is 9.29 Å². The van der Waals surface area contributed by atoms with Crippen molar-refractivity contribution >= 4 is 27.6 Å². The lowest BCUT2D eigenvalue weighted by Gasteiger charge is -2.21. The van der Waals surface area contributed by atoms with E-state index in [0.717, 1.165) is 0 Å². The highest BCUT2D eigenvalue weighted by atomic mass is 32.2. The fourth-order valence-corrected chi connectivity index (χ4v) is 5.10. The van der Waals surface area contributed by atoms with Crippen LogP contribution in [0.5, 0.6) is 5.75 Å². The first-order chi connectivity index (χ1) is 15.2. The third kappa shape index (κ3) is 4.97. The highest BCUT2D eigenvalue weighted by Gasteiger charge is 2.27. The second-order valence-electron chi connectivity index (χ2n) is 6.96. The molecular formula is C22H31N3O6S. The minimum atomic E-state index is -3.82. The summed E-state index contributed by atoms with van der Waals surface area (Å²) in [6.07, 6.45) is 0.508. The predicted octanol–water partition coefficient (Wildman–Crippen LogP) is 3.35. The molecule has 1 aromatic carbocycles. The van der Waals surface area contributed by atoms with Crippen molar-refractivity contribution in [3.63, 3.8) is 0 Å². The highest BCUT2D eigenvalue weighted by Crippen LogP contribution is 2.30. The third-order valence-electron chi connectivity index (χ3n) is 5.12. The first kappa shape index (κ1) is 25.4. The molecule has 0 unspecified atom stereocenters. The van der Waals surface area contributed by atoms with E-state index in [2.05, 4.69) is 10.3 Å². The van der Waals surface area contributed by atoms with Crippen LogP contribution < -0.4 is 10.1 Å². The average Bonchev–Trinajstić information content (AvgIpc) is 3.11. The summed E-state index contributed by atoms with van der Waals surface area (Å²) in [5.74, 6) is -0.805. The van der Waals surface area contributed by atoms with Gasteiger partial charge < -0.3 is 19.8 Å². The van der Waals surface area contributed by atoms with Crippen LogP contribution in [0.2, 0.25) is 0 Å². The molecule has 0 fully saturated rings. The molecule has 0 atom stereocenters. The van der Waals surface area contributed by atoms with Crippen LogP contribution in [-0.4, -0.2) is 56.4 Å². The van der Waals surface area contributed by atoms with E-state index in [9.17, 15) is 18.0 Å². The molecule has 32 heavy (non-hydrogen) atoms. The van der Waals surface area contributed by atoms with Crippen LogP contribution in [0, 0.1) is 6.92 Å². The summed E-state index contributed by atoms with van der Waals surface area (Å²) in [6, 6.07) is 4.48. The van der Waals surface area contributed by atoms with Crippen molar-refractivity contribution < 1.29 is 27.5 Å². The van der Waals surface area contributed by atoms with Gasteiger partial charge in [0.05, 0.1) is 19.3 Å². The molecule has 0 bridgehead atoms. The minimum absolute atomic E-state index is 0.0199. The molecule has 10 heteroatoms. The number of aromatic nitrogens is 1. The molecule has 1 heterocycles. The summed E-state index contributed by atoms with van der Waals surface area (Å²) in [6.45, 7) is 9.70. The summed E-state index contributed by atoms with van der Waals surface area (Å²) < 4.78 is 37.9. The number of methoxy groups -OCH3 is 1. The molecule has 9 nitrogen and oxygen atoms in total. The number of aryl methyl sites for hydroxylation is 1. The summed E-state index contributed by atoms with van der Waals surface area (Å²) in [7, 11) is -2.53. The summed E-state index contributed by atoms with van der Waals surface area (Å²) in [4.78, 5) is 28.0. The SMILES string of the molecule is CCOc1ccc(NC(=O)c2[nH]c(CC)c(C(=O)OC)c2C)cc1S(=O)(=O)N(CC)CC. The molecule has 176 valence electrons. The lowest BCUT2D eigenvalue weighted by Crippen LogP contribution is -2.31. The number of anilines is 1. The molecule has 0 radical (unpaired) electrons. The van der Waals surface area contributed by atoms with Crippen LogP contribution in [0.4, 0.5) is 5.69 Å². The zero-order valence-corrected chi connectivity index (χ0v) is 20.2. The van der Waals surface area contributed by atoms with Gasteiger partial charge in [-0.15, -0.1) is 0 Å². The van der Waals surface area contributed by atoms with Crippen LogP contribution >= 0.6 is 0 Å². The van der Waals surface area contributed by atoms with Crippen molar-refractivity contribution in [2.45, 2.75) is 45.9 Å². The molecule has 0 saturated heterocycles. The molecule has 1 amide bonds. The van der Waals surface area contributed by atoms with Gasteiger partial charge in [0.15, 0.2) is 0 Å². The minimum Gasteiger partial charge on any atom is -0.492 e. The maximum absolute atomic E-state index is 13.1. The zero-order chi connectivity index (χ0) is 24.1. The first-order valence-corrected chi connectivity index (χ1v) is 12.0. The molecule has 0 saturated carbocycles. The van der Waals surface area contributed by atoms with Gasteiger partial charge in [0.1, 0.15) is 16.3 Å². The summed E-state index contributed by atoms with van der Waals surface area (Å²) in [5, 5.41) is 2.72. The Morgan fingerprint density at radius 2 is 1.78 bits per heavy atom. The van der Waals surface area contributed by atoms with Gasteiger partial charge in [-0.25, -0.2) is 13.2 Å². The number of carbonyl (C=O) groups is 2. The number of H-pyrrole nitrogens is 1. The average molecular weight is 466 g/mol. The van der Waals surface area contributed by atoms with Gasteiger partial charge in [0.2, 0.25) is 10.0 Å². The van der Waals surface area contributed by atoms with E-state index in [0.29, 0.717) is 42.9 Å². The zero-order valence-electron chi connectivity index (χ0n) is 19.4. The number of nitrogens with zero attached hydrogens (tertiary/aromatic N) is 1. The van der Waals surface area contributed by atoms with Gasteiger partial charge in [-0.05, 0) is 44.0 Å². The van der Waals surface area contributed by atoms with Crippen LogP contribution in [0.25, 0.3) is 0 Å². The number of hydrogen-bond donors (Lipinski definition) is 2. The van der Waals surface area contributed by atoms with E-state index in [-0.39, 0.29) is 22.0 Å². The second-order valence-corrected chi connectivity index (χ2v) is 8.87. The molecule has 0 aliphatic carbocycles. The fourth-order valence-electron chi connectivity index (χ4n) is 3.49. The lowest BCUT2D eigenvalue weighted by atomic mass is 10.1. The highest BCUT2D eigenvalue weighted by molar-refractivity contribution is 7.89. The van der Waals surface area contributed by atoms with Crippen molar-refractivity contribution in [3.05, 3.63) is 40.7 Å². The number of aromatic amines is 1. The van der Waals surface area contributed by atoms with E-state index < -0.39 is 21.9 Å². The maximum Gasteiger partial charge on any atom is 0.339 e. The van der Waals surface area contributed by atoms with E-state index in [1.165, 1.54) is 23.5 Å². The number of benzene rings is 1. The number of ether oxygens (including phenoxy) is 2. The molecular weight excluding hydrogens is 434 g/mol. The van der Waals surface area contributed by atoms with Gasteiger partial charge in [0, 0.05) is 24.5 Å². The Morgan fingerprint density at radius 1 is 1.12 bits per heavy atom. The van der Waals surface area contributed by atoms with Crippen molar-refractivity contribution in [2.75, 3.05) is 32.1 Å². The Morgan fingerprint density at radius 3 is 2.31 bits per heavy atom. The van der Waals surface area contributed by atoms with Crippen molar-refractivity contribution in [1.29, 1.82) is 0 Å². The van der Waals surface area contributed by atoms with Gasteiger partial charge in [0.25, 0.3) is 5.91 Å². The third-order valence-corrected chi connectivity index (χ3v) is 7.19. The normalized spacial score (nSPS) is 11.5. The van der Waals surface area contributed by atoms with Gasteiger partial charge in [-0.1, -0.05) is 20.8 Å². The monoisotopic (exact) mass is 465 g/mol. The quantitative estimate of drug-likeness (QED) is 0.520. The van der Waals surface area contributed by atoms with E-state index >= 15 is 0 Å². The Hall–Kier alpha value is -2.85. The Bertz CT molecular complexity index is 1090. The summed E-state index contributed by atoms with van der Waals surface area (Å²) >= 11 is 0. The molecule has 2 N–H and O–H groups in total. The number of rotatable bonds is 10. The van der Waals surface area contributed by atoms with Crippen LogP contribution in [0.3, 0.4) is 0 Å². The summed E-state index contributed by atoms with van der Waals surface area (Å²) in [5.41, 5.74) is 1.89. The molecule has 2 rings (SSSR count). The van der Waals surface area contributed by atoms with E-state index in [4.69, 9.17) is 9.47 Å². The lowest BCUT2D eigenvalue weighted by molar-refractivity contribution is 0.0599. The smallest absolute Gasteiger partial charge is 0.339 e. The van der Waals surface area contributed by atoms with Gasteiger partial charge in [-0.3, -0.25) is 4.79 Å². The number of sulfonamides is 1. The Kier molecular flexibility index (Phi) is 8.45. The molecule has 0 aliphatic rings. The largest absolute Gasteiger partial charge is 0.492 e. The first-order valence-electron chi connectivity index (χ1n) is 10.5. The Labute approximate surface area is 189 Å². The topological polar surface area (TPSA) is 118 Å². The standard InChI is InChI=1S/C22H31N3O6S/c1-7-16-19(22(27)30-6)14(5)20(24-16)21(26)23-15-11-12-17(31-10-4)18(13-15)32(28,29)25(8-2)9-3/h11-13,24H,7-10H2,1-6H3,(H,23,26). The maximum atomic E-state index is 13.1. The Balaban J connectivity index is 2.47. The number of nitrogens with one attached hydrogen (secondary N) is 2. The molecule has 0 aliphatic heterocycles.